The maximum absolute atomic E-state index is 9.35. The van der Waals surface area contributed by atoms with Gasteiger partial charge in [-0.3, -0.25) is 0 Å². The highest BCUT2D eigenvalue weighted by atomic mass is 16.3. The number of nitrogens with zero attached hydrogens (tertiary/aromatic N) is 3. The zero-order chi connectivity index (χ0) is 15.1. The van der Waals surface area contributed by atoms with Crippen molar-refractivity contribution in [3.8, 4) is 0 Å². The van der Waals surface area contributed by atoms with Crippen LogP contribution in [0.25, 0.3) is 0 Å². The number of para-hydroxylation sites is 1. The van der Waals surface area contributed by atoms with E-state index in [9.17, 15) is 5.11 Å². The highest BCUT2D eigenvalue weighted by molar-refractivity contribution is 5.57. The number of rotatable bonds is 2. The third-order valence-electron chi connectivity index (χ3n) is 5.03. The van der Waals surface area contributed by atoms with Gasteiger partial charge in [0.25, 0.3) is 0 Å². The van der Waals surface area contributed by atoms with Gasteiger partial charge in [-0.25, -0.2) is 0 Å². The number of hydrogen-bond acceptors (Lipinski definition) is 3. The van der Waals surface area contributed by atoms with Gasteiger partial charge < -0.3 is 19.5 Å². The summed E-state index contributed by atoms with van der Waals surface area (Å²) >= 11 is 0. The van der Waals surface area contributed by atoms with Gasteiger partial charge in [-0.15, -0.1) is 0 Å². The number of fused-ring (bicyclic) bond motifs is 5. The average molecular weight is 297 g/mol. The first kappa shape index (κ1) is 13.9. The molecule has 1 N–H and O–H groups in total. The second kappa shape index (κ2) is 5.45. The molecule has 2 aliphatic rings. The minimum Gasteiger partial charge on any atom is -0.396 e. The number of hydrogen-bond donors (Lipinski definition) is 1. The molecule has 4 nitrogen and oxygen atoms in total. The van der Waals surface area contributed by atoms with Gasteiger partial charge in [0.2, 0.25) is 0 Å². The van der Waals surface area contributed by atoms with Crippen LogP contribution < -0.4 is 4.90 Å². The quantitative estimate of drug-likeness (QED) is 0.918. The van der Waals surface area contributed by atoms with E-state index in [4.69, 9.17) is 0 Å². The summed E-state index contributed by atoms with van der Waals surface area (Å²) in [5, 5.41) is 9.35. The van der Waals surface area contributed by atoms with Gasteiger partial charge in [0.15, 0.2) is 0 Å². The number of piperazine rings is 1. The zero-order valence-electron chi connectivity index (χ0n) is 13.1. The van der Waals surface area contributed by atoms with Crippen LogP contribution in [0.1, 0.15) is 23.0 Å². The van der Waals surface area contributed by atoms with E-state index < -0.39 is 0 Å². The summed E-state index contributed by atoms with van der Waals surface area (Å²) in [6.07, 6.45) is 0.727. The van der Waals surface area contributed by atoms with E-state index in [2.05, 4.69) is 57.8 Å². The van der Waals surface area contributed by atoms with Crippen molar-refractivity contribution in [3.05, 3.63) is 53.3 Å². The molecule has 1 unspecified atom stereocenters. The second-order valence-electron chi connectivity index (χ2n) is 6.41. The normalized spacial score (nSPS) is 21.0. The van der Waals surface area contributed by atoms with Crippen LogP contribution in [0.5, 0.6) is 0 Å². The van der Waals surface area contributed by atoms with Crippen LogP contribution in [-0.4, -0.2) is 47.9 Å². The summed E-state index contributed by atoms with van der Waals surface area (Å²) in [6.45, 7) is 4.34. The van der Waals surface area contributed by atoms with Gasteiger partial charge in [0, 0.05) is 56.3 Å². The third kappa shape index (κ3) is 2.14. The van der Waals surface area contributed by atoms with E-state index in [1.807, 2.05) is 0 Å². The monoisotopic (exact) mass is 297 g/mol. The average Bonchev–Trinajstić information content (AvgIpc) is 2.85. The molecule has 0 radical (unpaired) electrons. The lowest BCUT2D eigenvalue weighted by molar-refractivity contribution is 0.265. The summed E-state index contributed by atoms with van der Waals surface area (Å²) in [4.78, 5) is 4.98. The molecule has 0 saturated carbocycles. The predicted molar refractivity (Wildman–Crippen MR) is 88.3 cm³/mol. The summed E-state index contributed by atoms with van der Waals surface area (Å²) in [5.74, 6) is 0. The Morgan fingerprint density at radius 3 is 2.86 bits per heavy atom. The van der Waals surface area contributed by atoms with Crippen molar-refractivity contribution in [3.63, 3.8) is 0 Å². The molecule has 116 valence electrons. The Bertz CT molecular complexity index is 679. The van der Waals surface area contributed by atoms with E-state index in [1.54, 1.807) is 0 Å². The molecule has 0 spiro atoms. The molecule has 1 aromatic carbocycles. The minimum atomic E-state index is 0.208. The number of anilines is 1. The van der Waals surface area contributed by atoms with Gasteiger partial charge in [-0.1, -0.05) is 18.2 Å². The van der Waals surface area contributed by atoms with Gasteiger partial charge >= 0.3 is 0 Å². The molecule has 0 aliphatic carbocycles. The minimum absolute atomic E-state index is 0.208. The van der Waals surface area contributed by atoms with Crippen molar-refractivity contribution in [2.24, 2.45) is 0 Å². The molecule has 3 heterocycles. The number of aliphatic hydroxyl groups excluding tert-OH is 1. The maximum Gasteiger partial charge on any atom is 0.0821 e. The molecule has 0 bridgehead atoms. The third-order valence-corrected chi connectivity index (χ3v) is 5.03. The number of benzene rings is 1. The fourth-order valence-electron chi connectivity index (χ4n) is 3.90. The van der Waals surface area contributed by atoms with Crippen LogP contribution in [0.2, 0.25) is 0 Å². The Morgan fingerprint density at radius 2 is 2.00 bits per heavy atom. The fraction of sp³-hybridized carbons (Fsp3) is 0.444. The lowest BCUT2D eigenvalue weighted by Gasteiger charge is -2.41. The number of aromatic nitrogens is 1. The molecular formula is C18H23N3O. The first-order valence-corrected chi connectivity index (χ1v) is 8.10. The SMILES string of the molecule is CN1CCN2c3ccccc3Cn3c(CCO)ccc3C2C1. The molecule has 22 heavy (non-hydrogen) atoms. The molecule has 4 rings (SSSR count). The predicted octanol–water partition coefficient (Wildman–Crippen LogP) is 1.88. The number of likely N-dealkylation sites (N-methyl/N-ethyl adjacent to an activating group) is 1. The zero-order valence-corrected chi connectivity index (χ0v) is 13.1. The van der Waals surface area contributed by atoms with Crippen molar-refractivity contribution in [2.45, 2.75) is 19.0 Å². The molecule has 4 heteroatoms. The second-order valence-corrected chi connectivity index (χ2v) is 6.41. The van der Waals surface area contributed by atoms with Crippen LogP contribution in [0.4, 0.5) is 5.69 Å². The van der Waals surface area contributed by atoms with Crippen molar-refractivity contribution in [1.82, 2.24) is 9.47 Å². The Morgan fingerprint density at radius 1 is 1.14 bits per heavy atom. The molecule has 1 fully saturated rings. The van der Waals surface area contributed by atoms with Crippen LogP contribution >= 0.6 is 0 Å². The molecule has 2 aliphatic heterocycles. The smallest absolute Gasteiger partial charge is 0.0821 e. The van der Waals surface area contributed by atoms with Gasteiger partial charge in [0.05, 0.1) is 6.04 Å². The highest BCUT2D eigenvalue weighted by Crippen LogP contribution is 2.37. The molecule has 1 aromatic heterocycles. The molecule has 2 aromatic rings. The topological polar surface area (TPSA) is 31.6 Å². The molecule has 0 amide bonds. The Kier molecular flexibility index (Phi) is 3.43. The Hall–Kier alpha value is -1.78. The van der Waals surface area contributed by atoms with Crippen molar-refractivity contribution in [2.75, 3.05) is 38.2 Å². The van der Waals surface area contributed by atoms with E-state index in [-0.39, 0.29) is 6.61 Å². The molecule has 1 saturated heterocycles. The Labute approximate surface area is 131 Å². The van der Waals surface area contributed by atoms with Crippen LogP contribution in [0, 0.1) is 0 Å². The fourth-order valence-corrected chi connectivity index (χ4v) is 3.90. The summed E-state index contributed by atoms with van der Waals surface area (Å²) in [7, 11) is 2.20. The first-order valence-electron chi connectivity index (χ1n) is 8.10. The number of aliphatic hydroxyl groups is 1. The van der Waals surface area contributed by atoms with Crippen LogP contribution in [-0.2, 0) is 13.0 Å². The largest absolute Gasteiger partial charge is 0.396 e. The summed E-state index contributed by atoms with van der Waals surface area (Å²) in [6, 6.07) is 13.6. The van der Waals surface area contributed by atoms with Crippen LogP contribution in [0.15, 0.2) is 36.4 Å². The van der Waals surface area contributed by atoms with Crippen molar-refractivity contribution in [1.29, 1.82) is 0 Å². The van der Waals surface area contributed by atoms with Gasteiger partial charge in [-0.2, -0.15) is 0 Å². The summed E-state index contributed by atoms with van der Waals surface area (Å²) < 4.78 is 2.42. The molecule has 1 atom stereocenters. The van der Waals surface area contributed by atoms with Gasteiger partial charge in [0.1, 0.15) is 0 Å². The Balaban J connectivity index is 1.86. The maximum atomic E-state index is 9.35. The summed E-state index contributed by atoms with van der Waals surface area (Å²) in [5.41, 5.74) is 5.37. The lowest BCUT2D eigenvalue weighted by atomic mass is 10.1. The van der Waals surface area contributed by atoms with E-state index >= 15 is 0 Å². The van der Waals surface area contributed by atoms with E-state index in [1.165, 1.54) is 22.6 Å². The van der Waals surface area contributed by atoms with Crippen molar-refractivity contribution >= 4 is 5.69 Å². The first-order chi connectivity index (χ1) is 10.8. The van der Waals surface area contributed by atoms with Crippen LogP contribution in [0.3, 0.4) is 0 Å². The van der Waals surface area contributed by atoms with Crippen molar-refractivity contribution < 1.29 is 5.11 Å². The van der Waals surface area contributed by atoms with E-state index in [0.29, 0.717) is 6.04 Å². The molecular weight excluding hydrogens is 274 g/mol. The standard InChI is InChI=1S/C18H23N3O/c1-19-9-10-20-16-5-3-2-4-14(16)12-21-15(8-11-22)6-7-17(21)18(20)13-19/h2-7,18,22H,8-13H2,1H3. The highest BCUT2D eigenvalue weighted by Gasteiger charge is 2.33. The van der Waals surface area contributed by atoms with Gasteiger partial charge in [-0.05, 0) is 30.8 Å². The lowest BCUT2D eigenvalue weighted by Crippen LogP contribution is -2.47. The van der Waals surface area contributed by atoms with E-state index in [0.717, 1.165) is 32.6 Å².